The third kappa shape index (κ3) is 13.5. The van der Waals surface area contributed by atoms with Gasteiger partial charge in [-0.2, -0.15) is 0 Å². The van der Waals surface area contributed by atoms with Gasteiger partial charge in [-0.1, -0.05) is 170 Å². The number of esters is 2. The van der Waals surface area contributed by atoms with Gasteiger partial charge in [-0.05, 0) is 34.9 Å². The minimum atomic E-state index is -1.44. The average Bonchev–Trinajstić information content (AvgIpc) is 3.44. The van der Waals surface area contributed by atoms with E-state index in [9.17, 15) is 9.59 Å². The van der Waals surface area contributed by atoms with Crippen LogP contribution in [0.5, 0.6) is 5.75 Å². The Hall–Kier alpha value is -6.56. The van der Waals surface area contributed by atoms with Gasteiger partial charge in [-0.3, -0.25) is 4.79 Å². The maximum atomic E-state index is 14.7. The monoisotopic (exact) mass is 992 g/mol. The van der Waals surface area contributed by atoms with Gasteiger partial charge in [0.15, 0.2) is 31.1 Å². The van der Waals surface area contributed by atoms with Crippen LogP contribution in [-0.2, 0) is 83.1 Å². The van der Waals surface area contributed by atoms with Crippen LogP contribution in [-0.4, -0.2) is 100 Å². The molecule has 3 saturated heterocycles. The van der Waals surface area contributed by atoms with E-state index in [-0.39, 0.29) is 51.6 Å². The second kappa shape index (κ2) is 25.9. The van der Waals surface area contributed by atoms with E-state index in [0.29, 0.717) is 11.3 Å². The van der Waals surface area contributed by atoms with Gasteiger partial charge in [0.05, 0.1) is 45.0 Å². The molecule has 0 amide bonds. The summed E-state index contributed by atoms with van der Waals surface area (Å²) >= 11 is 0. The first-order valence-electron chi connectivity index (χ1n) is 24.4. The highest BCUT2D eigenvalue weighted by atomic mass is 16.8. The van der Waals surface area contributed by atoms with Gasteiger partial charge in [0.2, 0.25) is 0 Å². The number of ether oxygens (including phenoxy) is 12. The molecule has 0 saturated carbocycles. The van der Waals surface area contributed by atoms with Crippen molar-refractivity contribution >= 4 is 11.9 Å². The highest BCUT2D eigenvalue weighted by Gasteiger charge is 2.57. The van der Waals surface area contributed by atoms with Crippen molar-refractivity contribution in [3.8, 4) is 5.75 Å². The Bertz CT molecular complexity index is 2620. The first kappa shape index (κ1) is 51.3. The van der Waals surface area contributed by atoms with Gasteiger partial charge in [-0.25, -0.2) is 4.79 Å². The van der Waals surface area contributed by atoms with E-state index in [4.69, 9.17) is 56.8 Å². The summed E-state index contributed by atoms with van der Waals surface area (Å²) in [4.78, 5) is 28.8. The largest absolute Gasteiger partial charge is 0.489 e. The summed E-state index contributed by atoms with van der Waals surface area (Å²) in [5, 5.41) is 0. The zero-order chi connectivity index (χ0) is 50.2. The summed E-state index contributed by atoms with van der Waals surface area (Å²) in [7, 11) is 1.45. The Labute approximate surface area is 425 Å². The molecule has 6 aromatic rings. The van der Waals surface area contributed by atoms with Gasteiger partial charge in [0, 0.05) is 18.2 Å². The maximum absolute atomic E-state index is 14.7. The van der Waals surface area contributed by atoms with Crippen LogP contribution in [0, 0.1) is 0 Å². The zero-order valence-corrected chi connectivity index (χ0v) is 40.5. The molecule has 73 heavy (non-hydrogen) atoms. The van der Waals surface area contributed by atoms with Crippen molar-refractivity contribution in [2.75, 3.05) is 26.9 Å². The number of hydrogen-bond acceptors (Lipinski definition) is 14. The molecule has 0 bridgehead atoms. The van der Waals surface area contributed by atoms with Crippen LogP contribution in [0.4, 0.5) is 0 Å². The van der Waals surface area contributed by atoms with Crippen molar-refractivity contribution in [1.82, 2.24) is 0 Å². The fourth-order valence-electron chi connectivity index (χ4n) is 9.04. The molecule has 3 heterocycles. The number of hydrogen-bond donors (Lipinski definition) is 0. The molecular formula is C59H60O14. The minimum absolute atomic E-state index is 0.00145. The number of methoxy groups -OCH3 is 1. The number of fused-ring (bicyclic) bond motifs is 1. The summed E-state index contributed by atoms with van der Waals surface area (Å²) in [6.07, 6.45) is -10.5. The third-order valence-corrected chi connectivity index (χ3v) is 12.6. The highest BCUT2D eigenvalue weighted by Crippen LogP contribution is 2.40. The lowest BCUT2D eigenvalue weighted by molar-refractivity contribution is -0.392. The molecule has 9 rings (SSSR count). The number of rotatable bonds is 22. The molecule has 0 radical (unpaired) electrons. The lowest BCUT2D eigenvalue weighted by Gasteiger charge is -2.51. The topological polar surface area (TPSA) is 145 Å². The van der Waals surface area contributed by atoms with Crippen LogP contribution in [0.25, 0.3) is 0 Å². The number of carbonyl (C=O) groups excluding carboxylic acids is 2. The first-order chi connectivity index (χ1) is 35.9. The second-order valence-electron chi connectivity index (χ2n) is 17.7. The molecule has 0 aromatic heterocycles. The number of benzene rings is 6. The predicted molar refractivity (Wildman–Crippen MR) is 267 cm³/mol. The Morgan fingerprint density at radius 2 is 1.18 bits per heavy atom. The summed E-state index contributed by atoms with van der Waals surface area (Å²) in [6.45, 7) is 4.58. The van der Waals surface area contributed by atoms with E-state index in [1.165, 1.54) is 7.11 Å². The van der Waals surface area contributed by atoms with Crippen molar-refractivity contribution in [2.45, 2.75) is 93.9 Å². The summed E-state index contributed by atoms with van der Waals surface area (Å²) in [5.74, 6) is -0.801. The summed E-state index contributed by atoms with van der Waals surface area (Å²) < 4.78 is 78.9. The number of carbonyl (C=O) groups is 2. The number of para-hydroxylation sites is 1. The van der Waals surface area contributed by atoms with Crippen LogP contribution in [0.3, 0.4) is 0 Å². The van der Waals surface area contributed by atoms with E-state index < -0.39 is 79.6 Å². The Balaban J connectivity index is 1.13. The van der Waals surface area contributed by atoms with E-state index in [2.05, 4.69) is 6.58 Å². The fraction of sp³-hybridized carbons (Fsp3) is 0.322. The van der Waals surface area contributed by atoms with Crippen LogP contribution < -0.4 is 4.74 Å². The highest BCUT2D eigenvalue weighted by molar-refractivity contribution is 5.89. The average molecular weight is 993 g/mol. The van der Waals surface area contributed by atoms with Crippen LogP contribution in [0.2, 0.25) is 0 Å². The molecule has 3 aliphatic heterocycles. The van der Waals surface area contributed by atoms with Gasteiger partial charge in [0.25, 0.3) is 0 Å². The predicted octanol–water partition coefficient (Wildman–Crippen LogP) is 8.91. The minimum Gasteiger partial charge on any atom is -0.489 e. The summed E-state index contributed by atoms with van der Waals surface area (Å²) in [6, 6.07) is 54.4. The van der Waals surface area contributed by atoms with Crippen molar-refractivity contribution in [3.05, 3.63) is 222 Å². The molecule has 11 atom stereocenters. The van der Waals surface area contributed by atoms with Gasteiger partial charge < -0.3 is 56.8 Å². The van der Waals surface area contributed by atoms with Crippen LogP contribution >= 0.6 is 0 Å². The Morgan fingerprint density at radius 1 is 0.603 bits per heavy atom. The van der Waals surface area contributed by atoms with E-state index in [1.807, 2.05) is 133 Å². The quantitative estimate of drug-likeness (QED) is 0.0472. The van der Waals surface area contributed by atoms with E-state index >= 15 is 0 Å². The smallest absolute Gasteiger partial charge is 0.338 e. The second-order valence-corrected chi connectivity index (χ2v) is 17.7. The molecule has 14 nitrogen and oxygen atoms in total. The first-order valence-corrected chi connectivity index (χ1v) is 24.4. The normalized spacial score (nSPS) is 25.7. The van der Waals surface area contributed by atoms with Gasteiger partial charge >= 0.3 is 11.9 Å². The van der Waals surface area contributed by atoms with Crippen molar-refractivity contribution in [1.29, 1.82) is 0 Å². The summed E-state index contributed by atoms with van der Waals surface area (Å²) in [5.41, 5.74) is 4.31. The lowest BCUT2D eigenvalue weighted by Crippen LogP contribution is -2.67. The van der Waals surface area contributed by atoms with Crippen molar-refractivity contribution < 1.29 is 66.4 Å². The molecule has 3 fully saturated rings. The molecule has 0 N–H and O–H groups in total. The van der Waals surface area contributed by atoms with E-state index in [1.54, 1.807) is 48.5 Å². The third-order valence-electron chi connectivity index (χ3n) is 12.6. The van der Waals surface area contributed by atoms with Crippen LogP contribution in [0.15, 0.2) is 189 Å². The Morgan fingerprint density at radius 3 is 1.82 bits per heavy atom. The molecule has 380 valence electrons. The maximum Gasteiger partial charge on any atom is 0.338 e. The van der Waals surface area contributed by atoms with Gasteiger partial charge in [0.1, 0.15) is 49.0 Å². The SMILES string of the molecule is C=CCOc1ccccc1CC(=O)O[C@H]1[C@H](O[C@@H]2[C@@H](OC(=O)c3ccccc3)[C@@H](OC)O[C@@H]3COC(c4ccccc4)O[C@@H]23)O[C@H](COCc2ccccc2)[C@@H](OCc2ccccc2)[C@@H]1OCc1ccccc1. The molecule has 3 aliphatic rings. The molecular weight excluding hydrogens is 933 g/mol. The lowest BCUT2D eigenvalue weighted by atomic mass is 9.95. The zero-order valence-electron chi connectivity index (χ0n) is 40.5. The van der Waals surface area contributed by atoms with Crippen LogP contribution in [0.1, 0.15) is 44.5 Å². The standard InChI is InChI=1S/C59H60O14/c1-3-33-64-46-32-20-19-31-45(46)34-49(60)70-54-52(66-37-42-25-13-6-14-26-42)50(65-36-41-23-11-5-12-24-41)47(38-63-35-40-21-9-4-10-22-40)69-59(54)73-53-51-48(39-67-57(72-51)44-29-17-8-18-30-44)68-58(62-2)55(53)71-56(61)43-27-15-7-16-28-43/h3-32,47-48,50-55,57-59H,1,33-39H2,2H3/t47-,48-,50-,51-,52+,53+,54-,55-,57?,58+,59+/m1/s1. The van der Waals surface area contributed by atoms with E-state index in [0.717, 1.165) is 22.3 Å². The van der Waals surface area contributed by atoms with Gasteiger partial charge in [-0.15, -0.1) is 0 Å². The molecule has 14 heteroatoms. The van der Waals surface area contributed by atoms with Crippen molar-refractivity contribution in [3.63, 3.8) is 0 Å². The van der Waals surface area contributed by atoms with Crippen molar-refractivity contribution in [2.24, 2.45) is 0 Å². The Kier molecular flexibility index (Phi) is 18.2. The molecule has 0 aliphatic carbocycles. The molecule has 6 aromatic carbocycles. The molecule has 1 unspecified atom stereocenters. The fourth-order valence-corrected chi connectivity index (χ4v) is 9.04. The molecule has 0 spiro atoms.